The van der Waals surface area contributed by atoms with E-state index in [0.717, 1.165) is 12.1 Å². The number of hydrogen-bond acceptors (Lipinski definition) is 4. The van der Waals surface area contributed by atoms with E-state index >= 15 is 0 Å². The van der Waals surface area contributed by atoms with Crippen LogP contribution in [-0.4, -0.2) is 26.0 Å². The minimum absolute atomic E-state index is 0.100. The van der Waals surface area contributed by atoms with E-state index in [0.29, 0.717) is 11.7 Å². The van der Waals surface area contributed by atoms with Gasteiger partial charge in [0.15, 0.2) is 11.5 Å². The maximum Gasteiger partial charge on any atom is 0.358 e. The summed E-state index contributed by atoms with van der Waals surface area (Å²) in [6, 6.07) is 1.39. The van der Waals surface area contributed by atoms with E-state index in [1.165, 1.54) is 6.07 Å². The van der Waals surface area contributed by atoms with E-state index < -0.39 is 5.97 Å². The van der Waals surface area contributed by atoms with Crippen molar-refractivity contribution in [1.29, 1.82) is 0 Å². The highest BCUT2D eigenvalue weighted by Crippen LogP contribution is 2.19. The van der Waals surface area contributed by atoms with Crippen LogP contribution >= 0.6 is 0 Å². The van der Waals surface area contributed by atoms with Crippen molar-refractivity contribution < 1.29 is 14.4 Å². The molecule has 0 aliphatic rings. The van der Waals surface area contributed by atoms with Crippen LogP contribution < -0.4 is 0 Å². The summed E-state index contributed by atoms with van der Waals surface area (Å²) in [5, 5.41) is 16.3. The van der Waals surface area contributed by atoms with Gasteiger partial charge in [-0.25, -0.2) is 4.79 Å². The summed E-state index contributed by atoms with van der Waals surface area (Å²) in [4.78, 5) is 10.7. The maximum atomic E-state index is 10.7. The lowest BCUT2D eigenvalue weighted by Gasteiger charge is -2.02. The average Bonchev–Trinajstić information content (AvgIpc) is 2.83. The molecule has 0 radical (unpaired) electrons. The van der Waals surface area contributed by atoms with Crippen molar-refractivity contribution in [3.05, 3.63) is 24.2 Å². The number of hydrogen-bond donors (Lipinski definition) is 1. The minimum Gasteiger partial charge on any atom is -0.476 e. The van der Waals surface area contributed by atoms with Crippen molar-refractivity contribution in [3.8, 4) is 11.3 Å². The minimum atomic E-state index is -1.10. The van der Waals surface area contributed by atoms with Crippen molar-refractivity contribution in [1.82, 2.24) is 14.9 Å². The largest absolute Gasteiger partial charge is 0.476 e. The summed E-state index contributed by atoms with van der Waals surface area (Å²) >= 11 is 0. The fourth-order valence-corrected chi connectivity index (χ4v) is 1.48. The van der Waals surface area contributed by atoms with Gasteiger partial charge in [-0.3, -0.25) is 4.68 Å². The SMILES string of the molecule is CC(C)Cn1cc(-c2cc(C(=O)O)no2)cn1. The van der Waals surface area contributed by atoms with Crippen LogP contribution in [-0.2, 0) is 6.54 Å². The van der Waals surface area contributed by atoms with Gasteiger partial charge >= 0.3 is 5.97 Å². The average molecular weight is 235 g/mol. The standard InChI is InChI=1S/C11H13N3O3/c1-7(2)5-14-6-8(4-12-14)10-3-9(11(15)16)13-17-10/h3-4,6-7H,5H2,1-2H3,(H,15,16). The quantitative estimate of drug-likeness (QED) is 0.875. The van der Waals surface area contributed by atoms with Gasteiger partial charge in [0.05, 0.1) is 11.8 Å². The Morgan fingerprint density at radius 1 is 1.59 bits per heavy atom. The molecule has 1 N–H and O–H groups in total. The zero-order valence-electron chi connectivity index (χ0n) is 9.62. The van der Waals surface area contributed by atoms with Crippen molar-refractivity contribution >= 4 is 5.97 Å². The molecule has 17 heavy (non-hydrogen) atoms. The number of carboxylic acid groups (broad SMARTS) is 1. The Kier molecular flexibility index (Phi) is 2.95. The molecule has 0 aliphatic heterocycles. The predicted octanol–water partition coefficient (Wildman–Crippen LogP) is 1.89. The molecule has 0 aromatic carbocycles. The molecule has 2 aromatic rings. The molecule has 6 heteroatoms. The highest BCUT2D eigenvalue weighted by Gasteiger charge is 2.13. The van der Waals surface area contributed by atoms with Gasteiger partial charge in [-0.05, 0) is 5.92 Å². The van der Waals surface area contributed by atoms with Gasteiger partial charge in [0, 0.05) is 18.8 Å². The lowest BCUT2D eigenvalue weighted by molar-refractivity contribution is 0.0686. The molecule has 0 aliphatic carbocycles. The number of carbonyl (C=O) groups is 1. The third-order valence-corrected chi connectivity index (χ3v) is 2.20. The van der Waals surface area contributed by atoms with Crippen LogP contribution in [0.25, 0.3) is 11.3 Å². The smallest absolute Gasteiger partial charge is 0.358 e. The Balaban J connectivity index is 2.21. The van der Waals surface area contributed by atoms with Gasteiger partial charge < -0.3 is 9.63 Å². The first kappa shape index (κ1) is 11.4. The second kappa shape index (κ2) is 4.40. The van der Waals surface area contributed by atoms with Gasteiger partial charge in [-0.1, -0.05) is 19.0 Å². The molecule has 0 saturated carbocycles. The van der Waals surface area contributed by atoms with E-state index in [4.69, 9.17) is 9.63 Å². The van der Waals surface area contributed by atoms with Crippen LogP contribution in [0.5, 0.6) is 0 Å². The lowest BCUT2D eigenvalue weighted by Crippen LogP contribution is -2.03. The molecule has 0 atom stereocenters. The van der Waals surface area contributed by atoms with E-state index in [1.54, 1.807) is 10.9 Å². The van der Waals surface area contributed by atoms with E-state index in [1.807, 2.05) is 6.20 Å². The van der Waals surface area contributed by atoms with Crippen molar-refractivity contribution in [2.24, 2.45) is 5.92 Å². The van der Waals surface area contributed by atoms with Crippen LogP contribution in [0.4, 0.5) is 0 Å². The summed E-state index contributed by atoms with van der Waals surface area (Å²) in [6.07, 6.45) is 3.45. The third kappa shape index (κ3) is 2.52. The number of aromatic carboxylic acids is 1. The fourth-order valence-electron chi connectivity index (χ4n) is 1.48. The Labute approximate surface area is 97.8 Å². The van der Waals surface area contributed by atoms with E-state index in [9.17, 15) is 4.79 Å². The second-order valence-electron chi connectivity index (χ2n) is 4.23. The van der Waals surface area contributed by atoms with Crippen LogP contribution in [0.3, 0.4) is 0 Å². The monoisotopic (exact) mass is 235 g/mol. The number of aromatic nitrogens is 3. The van der Waals surface area contributed by atoms with Crippen LogP contribution in [0.1, 0.15) is 24.3 Å². The number of carboxylic acids is 1. The predicted molar refractivity (Wildman–Crippen MR) is 59.5 cm³/mol. The number of rotatable bonds is 4. The molecule has 0 fully saturated rings. The zero-order chi connectivity index (χ0) is 12.4. The summed E-state index contributed by atoms with van der Waals surface area (Å²) in [6.45, 7) is 5.00. The lowest BCUT2D eigenvalue weighted by atomic mass is 10.2. The molecule has 0 unspecified atom stereocenters. The second-order valence-corrected chi connectivity index (χ2v) is 4.23. The molecular formula is C11H13N3O3. The number of nitrogens with zero attached hydrogens (tertiary/aromatic N) is 3. The van der Waals surface area contributed by atoms with Crippen LogP contribution in [0.15, 0.2) is 23.0 Å². The highest BCUT2D eigenvalue weighted by atomic mass is 16.5. The normalized spacial score (nSPS) is 11.0. The van der Waals surface area contributed by atoms with Crippen LogP contribution in [0.2, 0.25) is 0 Å². The molecule has 0 spiro atoms. The third-order valence-electron chi connectivity index (χ3n) is 2.20. The first-order valence-electron chi connectivity index (χ1n) is 5.29. The Hall–Kier alpha value is -2.11. The van der Waals surface area contributed by atoms with E-state index in [2.05, 4.69) is 24.1 Å². The highest BCUT2D eigenvalue weighted by molar-refractivity contribution is 5.86. The van der Waals surface area contributed by atoms with Gasteiger partial charge in [0.25, 0.3) is 0 Å². The van der Waals surface area contributed by atoms with E-state index in [-0.39, 0.29) is 5.69 Å². The van der Waals surface area contributed by atoms with Crippen molar-refractivity contribution in [2.75, 3.05) is 0 Å². The maximum absolute atomic E-state index is 10.7. The van der Waals surface area contributed by atoms with Gasteiger partial charge in [0.1, 0.15) is 0 Å². The van der Waals surface area contributed by atoms with Gasteiger partial charge in [0.2, 0.25) is 0 Å². The molecule has 2 aromatic heterocycles. The molecule has 0 amide bonds. The first-order valence-corrected chi connectivity index (χ1v) is 5.29. The first-order chi connectivity index (χ1) is 8.06. The fraction of sp³-hybridized carbons (Fsp3) is 0.364. The molecule has 0 saturated heterocycles. The zero-order valence-corrected chi connectivity index (χ0v) is 9.62. The Morgan fingerprint density at radius 2 is 2.35 bits per heavy atom. The molecule has 6 nitrogen and oxygen atoms in total. The molecule has 0 bridgehead atoms. The summed E-state index contributed by atoms with van der Waals surface area (Å²) in [7, 11) is 0. The molecular weight excluding hydrogens is 222 g/mol. The van der Waals surface area contributed by atoms with Crippen molar-refractivity contribution in [2.45, 2.75) is 20.4 Å². The Morgan fingerprint density at radius 3 is 2.94 bits per heavy atom. The van der Waals surface area contributed by atoms with Crippen molar-refractivity contribution in [3.63, 3.8) is 0 Å². The molecule has 90 valence electrons. The molecule has 2 rings (SSSR count). The van der Waals surface area contributed by atoms with Gasteiger partial charge in [-0.15, -0.1) is 0 Å². The summed E-state index contributed by atoms with van der Waals surface area (Å²) in [5.41, 5.74) is 0.627. The summed E-state index contributed by atoms with van der Waals surface area (Å²) in [5.74, 6) is -0.195. The topological polar surface area (TPSA) is 81.2 Å². The van der Waals surface area contributed by atoms with Gasteiger partial charge in [-0.2, -0.15) is 5.10 Å². The van der Waals surface area contributed by atoms with Crippen LogP contribution in [0, 0.1) is 5.92 Å². The molecule has 2 heterocycles. The Bertz CT molecular complexity index is 528. The summed E-state index contributed by atoms with van der Waals surface area (Å²) < 4.78 is 6.74.